The summed E-state index contributed by atoms with van der Waals surface area (Å²) in [6.45, 7) is 8.90. The number of piperidine rings is 1. The van der Waals surface area contributed by atoms with E-state index in [-0.39, 0.29) is 17.7 Å². The maximum absolute atomic E-state index is 13.5. The van der Waals surface area contributed by atoms with Crippen LogP contribution in [0.5, 0.6) is 0 Å². The van der Waals surface area contributed by atoms with E-state index in [9.17, 15) is 14.4 Å². The largest absolute Gasteiger partial charge is 0.341 e. The van der Waals surface area contributed by atoms with Crippen LogP contribution in [0.15, 0.2) is 60.7 Å². The van der Waals surface area contributed by atoms with Crippen LogP contribution in [-0.4, -0.2) is 84.3 Å². The van der Waals surface area contributed by atoms with Gasteiger partial charge in [-0.1, -0.05) is 62.4 Å². The molecule has 0 spiro atoms. The second kappa shape index (κ2) is 12.2. The molecule has 0 aliphatic carbocycles. The first-order chi connectivity index (χ1) is 17.4. The Labute approximate surface area is 214 Å². The van der Waals surface area contributed by atoms with Gasteiger partial charge >= 0.3 is 0 Å². The number of amides is 3. The van der Waals surface area contributed by atoms with Gasteiger partial charge in [0.15, 0.2) is 0 Å². The number of carbonyl (C=O) groups excluding carboxylic acids is 3. The Bertz CT molecular complexity index is 1010. The summed E-state index contributed by atoms with van der Waals surface area (Å²) in [5, 5.41) is 2.97. The van der Waals surface area contributed by atoms with E-state index >= 15 is 0 Å². The Morgan fingerprint density at radius 1 is 0.833 bits per heavy atom. The minimum Gasteiger partial charge on any atom is -0.341 e. The van der Waals surface area contributed by atoms with Gasteiger partial charge in [0.1, 0.15) is 6.04 Å². The van der Waals surface area contributed by atoms with E-state index in [0.717, 1.165) is 18.7 Å². The molecule has 2 aliphatic rings. The number of rotatable bonds is 7. The third-order valence-electron chi connectivity index (χ3n) is 7.19. The van der Waals surface area contributed by atoms with E-state index in [4.69, 9.17) is 0 Å². The molecule has 192 valence electrons. The Morgan fingerprint density at radius 2 is 1.42 bits per heavy atom. The molecule has 2 aliphatic heterocycles. The molecule has 4 rings (SSSR count). The maximum atomic E-state index is 13.5. The fourth-order valence-electron chi connectivity index (χ4n) is 5.39. The lowest BCUT2D eigenvalue weighted by Crippen LogP contribution is -2.57. The van der Waals surface area contributed by atoms with Crippen LogP contribution < -0.4 is 5.32 Å². The van der Waals surface area contributed by atoms with Gasteiger partial charge in [0, 0.05) is 51.3 Å². The van der Waals surface area contributed by atoms with E-state index in [1.54, 1.807) is 12.1 Å². The highest BCUT2D eigenvalue weighted by molar-refractivity contribution is 5.97. The predicted molar refractivity (Wildman–Crippen MR) is 140 cm³/mol. The molecule has 2 fully saturated rings. The zero-order valence-corrected chi connectivity index (χ0v) is 21.4. The van der Waals surface area contributed by atoms with Crippen molar-refractivity contribution >= 4 is 17.7 Å². The lowest BCUT2D eigenvalue weighted by molar-refractivity contribution is -0.137. The second-order valence-electron chi connectivity index (χ2n) is 10.4. The summed E-state index contributed by atoms with van der Waals surface area (Å²) in [4.78, 5) is 45.3. The molecule has 2 aromatic carbocycles. The summed E-state index contributed by atoms with van der Waals surface area (Å²) in [6.07, 6.45) is 1.61. The topological polar surface area (TPSA) is 73.0 Å². The molecule has 3 atom stereocenters. The number of carbonyl (C=O) groups is 3. The first-order valence-corrected chi connectivity index (χ1v) is 13.1. The van der Waals surface area contributed by atoms with Crippen LogP contribution in [0.4, 0.5) is 0 Å². The molecule has 2 aromatic rings. The summed E-state index contributed by atoms with van der Waals surface area (Å²) in [6, 6.07) is 18.1. The van der Waals surface area contributed by atoms with Crippen molar-refractivity contribution in [3.8, 4) is 0 Å². The third-order valence-corrected chi connectivity index (χ3v) is 7.19. The molecular weight excluding hydrogens is 452 g/mol. The van der Waals surface area contributed by atoms with Crippen molar-refractivity contribution < 1.29 is 14.4 Å². The lowest BCUT2D eigenvalue weighted by Gasteiger charge is -2.39. The van der Waals surface area contributed by atoms with E-state index in [2.05, 4.69) is 24.1 Å². The van der Waals surface area contributed by atoms with E-state index in [1.165, 1.54) is 6.42 Å². The van der Waals surface area contributed by atoms with Gasteiger partial charge in [-0.15, -0.1) is 0 Å². The van der Waals surface area contributed by atoms with Gasteiger partial charge in [0.05, 0.1) is 6.54 Å². The van der Waals surface area contributed by atoms with Crippen molar-refractivity contribution in [3.05, 3.63) is 71.8 Å². The molecule has 0 aromatic heterocycles. The van der Waals surface area contributed by atoms with Crippen molar-refractivity contribution in [1.82, 2.24) is 20.0 Å². The summed E-state index contributed by atoms with van der Waals surface area (Å²) in [5.41, 5.74) is 1.53. The number of hydrogen-bond donors (Lipinski definition) is 1. The molecule has 2 heterocycles. The molecule has 7 heteroatoms. The zero-order valence-electron chi connectivity index (χ0n) is 21.4. The fourth-order valence-corrected chi connectivity index (χ4v) is 5.39. The van der Waals surface area contributed by atoms with Gasteiger partial charge in [0.2, 0.25) is 11.8 Å². The van der Waals surface area contributed by atoms with Crippen molar-refractivity contribution in [2.75, 3.05) is 45.8 Å². The van der Waals surface area contributed by atoms with Crippen LogP contribution in [0.2, 0.25) is 0 Å². The van der Waals surface area contributed by atoms with Gasteiger partial charge < -0.3 is 15.1 Å². The molecule has 0 saturated carbocycles. The van der Waals surface area contributed by atoms with Crippen LogP contribution >= 0.6 is 0 Å². The number of nitrogens with zero attached hydrogens (tertiary/aromatic N) is 3. The van der Waals surface area contributed by atoms with Gasteiger partial charge in [-0.2, -0.15) is 0 Å². The molecule has 0 bridgehead atoms. The SMILES string of the molecule is C[C@@H]1C[C@H](C)CN(C(=O)CN2CCN(C(=O)[C@H](Cc3ccccc3)NC(=O)c3ccccc3)CC2)C1. The quantitative estimate of drug-likeness (QED) is 0.648. The number of likely N-dealkylation sites (tertiary alicyclic amines) is 1. The Balaban J connectivity index is 1.35. The average molecular weight is 491 g/mol. The van der Waals surface area contributed by atoms with Gasteiger partial charge in [-0.25, -0.2) is 0 Å². The van der Waals surface area contributed by atoms with Gasteiger partial charge in [-0.05, 0) is 36.0 Å². The van der Waals surface area contributed by atoms with Gasteiger partial charge in [0.25, 0.3) is 5.91 Å². The molecule has 2 saturated heterocycles. The minimum atomic E-state index is -0.649. The van der Waals surface area contributed by atoms with Crippen molar-refractivity contribution in [1.29, 1.82) is 0 Å². The first-order valence-electron chi connectivity index (χ1n) is 13.1. The molecule has 7 nitrogen and oxygen atoms in total. The third kappa shape index (κ3) is 6.94. The molecule has 0 unspecified atom stereocenters. The van der Waals surface area contributed by atoms with Gasteiger partial charge in [-0.3, -0.25) is 19.3 Å². The normalized spacial score (nSPS) is 21.6. The maximum Gasteiger partial charge on any atom is 0.251 e. The number of piperazine rings is 1. The molecular formula is C29H38N4O3. The smallest absolute Gasteiger partial charge is 0.251 e. The van der Waals surface area contributed by atoms with Crippen molar-refractivity contribution in [2.24, 2.45) is 11.8 Å². The fraction of sp³-hybridized carbons (Fsp3) is 0.483. The Morgan fingerprint density at radius 3 is 2.03 bits per heavy atom. The summed E-state index contributed by atoms with van der Waals surface area (Å²) in [7, 11) is 0. The summed E-state index contributed by atoms with van der Waals surface area (Å²) in [5.74, 6) is 0.941. The Kier molecular flexibility index (Phi) is 8.75. The molecule has 0 radical (unpaired) electrons. The lowest BCUT2D eigenvalue weighted by atomic mass is 9.92. The number of benzene rings is 2. The first kappa shape index (κ1) is 25.9. The van der Waals surface area contributed by atoms with Crippen LogP contribution in [0.25, 0.3) is 0 Å². The Hall–Kier alpha value is -3.19. The summed E-state index contributed by atoms with van der Waals surface area (Å²) < 4.78 is 0. The number of nitrogens with one attached hydrogen (secondary N) is 1. The van der Waals surface area contributed by atoms with Crippen molar-refractivity contribution in [2.45, 2.75) is 32.7 Å². The average Bonchev–Trinajstić information content (AvgIpc) is 2.89. The molecule has 1 N–H and O–H groups in total. The van der Waals surface area contributed by atoms with E-state index in [1.807, 2.05) is 58.3 Å². The van der Waals surface area contributed by atoms with Crippen LogP contribution in [0.3, 0.4) is 0 Å². The van der Waals surface area contributed by atoms with E-state index in [0.29, 0.717) is 56.5 Å². The van der Waals surface area contributed by atoms with Crippen LogP contribution in [0, 0.1) is 11.8 Å². The molecule has 3 amide bonds. The predicted octanol–water partition coefficient (Wildman–Crippen LogP) is 2.68. The monoisotopic (exact) mass is 490 g/mol. The van der Waals surface area contributed by atoms with Crippen LogP contribution in [0.1, 0.15) is 36.2 Å². The standard InChI is InChI=1S/C29H38N4O3/c1-22-17-23(2)20-33(19-22)27(34)21-31-13-15-32(16-14-31)29(36)26(18-24-9-5-3-6-10-24)30-28(35)25-11-7-4-8-12-25/h3-12,22-23,26H,13-21H2,1-2H3,(H,30,35)/t22-,23+,26-/m0/s1. The highest BCUT2D eigenvalue weighted by Gasteiger charge is 2.31. The zero-order chi connectivity index (χ0) is 25.5. The second-order valence-corrected chi connectivity index (χ2v) is 10.4. The van der Waals surface area contributed by atoms with Crippen molar-refractivity contribution in [3.63, 3.8) is 0 Å². The van der Waals surface area contributed by atoms with Crippen LogP contribution in [-0.2, 0) is 16.0 Å². The molecule has 36 heavy (non-hydrogen) atoms. The summed E-state index contributed by atoms with van der Waals surface area (Å²) >= 11 is 0. The van der Waals surface area contributed by atoms with E-state index < -0.39 is 6.04 Å². The highest BCUT2D eigenvalue weighted by Crippen LogP contribution is 2.21. The highest BCUT2D eigenvalue weighted by atomic mass is 16.2. The minimum absolute atomic E-state index is 0.0761. The number of hydrogen-bond acceptors (Lipinski definition) is 4.